The van der Waals surface area contributed by atoms with Gasteiger partial charge in [0.25, 0.3) is 5.91 Å². The third-order valence-corrected chi connectivity index (χ3v) is 5.98. The van der Waals surface area contributed by atoms with Crippen LogP contribution in [0.4, 0.5) is 5.69 Å². The zero-order chi connectivity index (χ0) is 22.5. The van der Waals surface area contributed by atoms with Gasteiger partial charge in [0.15, 0.2) is 0 Å². The van der Waals surface area contributed by atoms with Crippen molar-refractivity contribution in [2.24, 2.45) is 0 Å². The van der Waals surface area contributed by atoms with Crippen LogP contribution in [0.1, 0.15) is 28.0 Å². The highest BCUT2D eigenvalue weighted by Gasteiger charge is 2.21. The molecule has 0 saturated carbocycles. The average molecular weight is 432 g/mol. The van der Waals surface area contributed by atoms with Crippen LogP contribution in [-0.2, 0) is 4.79 Å². The number of hydrogen-bond donors (Lipinski definition) is 1. The smallest absolute Gasteiger partial charge is 0.254 e. The molecule has 0 spiro atoms. The van der Waals surface area contributed by atoms with E-state index in [0.717, 1.165) is 30.0 Å². The van der Waals surface area contributed by atoms with E-state index >= 15 is 0 Å². The highest BCUT2D eigenvalue weighted by molar-refractivity contribution is 5.95. The van der Waals surface area contributed by atoms with Crippen LogP contribution in [0.15, 0.2) is 60.8 Å². The zero-order valence-electron chi connectivity index (χ0n) is 18.6. The summed E-state index contributed by atoms with van der Waals surface area (Å²) in [5.74, 6) is -0.130. The molecule has 1 aliphatic rings. The summed E-state index contributed by atoms with van der Waals surface area (Å²) in [5, 5.41) is 7.27. The van der Waals surface area contributed by atoms with E-state index in [9.17, 15) is 9.59 Å². The molecular formula is C25H29N5O2. The van der Waals surface area contributed by atoms with Gasteiger partial charge in [0.1, 0.15) is 0 Å². The van der Waals surface area contributed by atoms with Gasteiger partial charge in [-0.25, -0.2) is 4.68 Å². The number of rotatable bonds is 6. The molecule has 32 heavy (non-hydrogen) atoms. The fourth-order valence-corrected chi connectivity index (χ4v) is 4.07. The summed E-state index contributed by atoms with van der Waals surface area (Å²) >= 11 is 0. The van der Waals surface area contributed by atoms with E-state index in [-0.39, 0.29) is 11.8 Å². The monoisotopic (exact) mass is 431 g/mol. The molecule has 2 aromatic carbocycles. The Balaban J connectivity index is 1.27. The molecule has 7 nitrogen and oxygen atoms in total. The Kier molecular flexibility index (Phi) is 6.54. The number of piperazine rings is 1. The van der Waals surface area contributed by atoms with Crippen molar-refractivity contribution in [3.63, 3.8) is 0 Å². The molecule has 0 unspecified atom stereocenters. The van der Waals surface area contributed by atoms with E-state index in [0.29, 0.717) is 31.6 Å². The second-order valence-corrected chi connectivity index (χ2v) is 8.05. The topological polar surface area (TPSA) is 70.5 Å². The zero-order valence-corrected chi connectivity index (χ0v) is 18.6. The van der Waals surface area contributed by atoms with E-state index in [1.54, 1.807) is 10.9 Å². The Hall–Kier alpha value is -3.61. The summed E-state index contributed by atoms with van der Waals surface area (Å²) in [7, 11) is 0. The van der Waals surface area contributed by atoms with Crippen molar-refractivity contribution in [2.45, 2.75) is 20.3 Å². The molecule has 0 radical (unpaired) electrons. The predicted octanol–water partition coefficient (Wildman–Crippen LogP) is 2.96. The van der Waals surface area contributed by atoms with Gasteiger partial charge < -0.3 is 15.1 Å². The third-order valence-electron chi connectivity index (χ3n) is 5.98. The lowest BCUT2D eigenvalue weighted by Crippen LogP contribution is -2.49. The largest absolute Gasteiger partial charge is 0.368 e. The van der Waals surface area contributed by atoms with Gasteiger partial charge >= 0.3 is 0 Å². The molecule has 2 heterocycles. The summed E-state index contributed by atoms with van der Waals surface area (Å²) in [6.07, 6.45) is 1.88. The quantitative estimate of drug-likeness (QED) is 0.652. The standard InChI is InChI=1S/C25H29N5O2/c1-19-8-6-7-11-23(19)30-20(2)22(18-27-30)25(32)26-13-12-24(31)29-16-14-28(15-17-29)21-9-4-3-5-10-21/h3-11,18H,12-17H2,1-2H3,(H,26,32). The third kappa shape index (κ3) is 4.66. The normalized spacial score (nSPS) is 13.8. The molecule has 2 amide bonds. The first-order chi connectivity index (χ1) is 15.5. The molecule has 0 bridgehead atoms. The van der Waals surface area contributed by atoms with Crippen LogP contribution in [-0.4, -0.2) is 59.2 Å². The van der Waals surface area contributed by atoms with Crippen molar-refractivity contribution in [2.75, 3.05) is 37.6 Å². The molecular weight excluding hydrogens is 402 g/mol. The summed E-state index contributed by atoms with van der Waals surface area (Å²) in [6, 6.07) is 18.2. The van der Waals surface area contributed by atoms with Gasteiger partial charge in [0.05, 0.1) is 23.1 Å². The van der Waals surface area contributed by atoms with E-state index in [1.165, 1.54) is 5.69 Å². The van der Waals surface area contributed by atoms with Gasteiger partial charge in [-0.05, 0) is 37.6 Å². The highest BCUT2D eigenvalue weighted by Crippen LogP contribution is 2.18. The summed E-state index contributed by atoms with van der Waals surface area (Å²) in [6.45, 7) is 7.24. The number of hydrogen-bond acceptors (Lipinski definition) is 4. The van der Waals surface area contributed by atoms with Crippen LogP contribution in [0.25, 0.3) is 5.69 Å². The van der Waals surface area contributed by atoms with Gasteiger partial charge in [-0.15, -0.1) is 0 Å². The number of amides is 2. The van der Waals surface area contributed by atoms with Crippen molar-refractivity contribution in [1.29, 1.82) is 0 Å². The van der Waals surface area contributed by atoms with Crippen LogP contribution >= 0.6 is 0 Å². The van der Waals surface area contributed by atoms with E-state index in [2.05, 4.69) is 27.4 Å². The molecule has 1 fully saturated rings. The minimum atomic E-state index is -0.205. The minimum Gasteiger partial charge on any atom is -0.368 e. The number of nitrogens with zero attached hydrogens (tertiary/aromatic N) is 4. The van der Waals surface area contributed by atoms with Crippen LogP contribution in [0.5, 0.6) is 0 Å². The first-order valence-electron chi connectivity index (χ1n) is 11.0. The fraction of sp³-hybridized carbons (Fsp3) is 0.320. The lowest BCUT2D eigenvalue weighted by molar-refractivity contribution is -0.131. The van der Waals surface area contributed by atoms with Crippen LogP contribution in [0, 0.1) is 13.8 Å². The van der Waals surface area contributed by atoms with Crippen molar-refractivity contribution >= 4 is 17.5 Å². The Morgan fingerprint density at radius 2 is 1.62 bits per heavy atom. The van der Waals surface area contributed by atoms with E-state index < -0.39 is 0 Å². The molecule has 166 valence electrons. The maximum absolute atomic E-state index is 12.7. The first kappa shape index (κ1) is 21.6. The fourth-order valence-electron chi connectivity index (χ4n) is 4.07. The second-order valence-electron chi connectivity index (χ2n) is 8.05. The SMILES string of the molecule is Cc1ccccc1-n1ncc(C(=O)NCCC(=O)N2CCN(c3ccccc3)CC2)c1C. The Bertz CT molecular complexity index is 1080. The first-order valence-corrected chi connectivity index (χ1v) is 11.0. The number of nitrogens with one attached hydrogen (secondary N) is 1. The number of carbonyl (C=O) groups is 2. The van der Waals surface area contributed by atoms with Crippen LogP contribution < -0.4 is 10.2 Å². The van der Waals surface area contributed by atoms with Crippen molar-refractivity contribution in [3.8, 4) is 5.69 Å². The van der Waals surface area contributed by atoms with Crippen molar-refractivity contribution in [1.82, 2.24) is 20.0 Å². The Morgan fingerprint density at radius 1 is 0.938 bits per heavy atom. The number of para-hydroxylation sites is 2. The lowest BCUT2D eigenvalue weighted by atomic mass is 10.2. The van der Waals surface area contributed by atoms with E-state index in [4.69, 9.17) is 0 Å². The number of benzene rings is 2. The Morgan fingerprint density at radius 3 is 2.34 bits per heavy atom. The number of carbonyl (C=O) groups excluding carboxylic acids is 2. The molecule has 1 aromatic heterocycles. The summed E-state index contributed by atoms with van der Waals surface area (Å²) in [5.41, 5.74) is 4.53. The number of aryl methyl sites for hydroxylation is 1. The highest BCUT2D eigenvalue weighted by atomic mass is 16.2. The van der Waals surface area contributed by atoms with E-state index in [1.807, 2.05) is 61.2 Å². The molecule has 1 aliphatic heterocycles. The van der Waals surface area contributed by atoms with Gasteiger partial charge in [-0.2, -0.15) is 5.10 Å². The molecule has 4 rings (SSSR count). The number of anilines is 1. The summed E-state index contributed by atoms with van der Waals surface area (Å²) in [4.78, 5) is 29.4. The summed E-state index contributed by atoms with van der Waals surface area (Å²) < 4.78 is 1.78. The Labute approximate surface area is 188 Å². The molecule has 0 aliphatic carbocycles. The molecule has 3 aromatic rings. The lowest BCUT2D eigenvalue weighted by Gasteiger charge is -2.36. The van der Waals surface area contributed by atoms with Gasteiger partial charge in [-0.3, -0.25) is 9.59 Å². The maximum Gasteiger partial charge on any atom is 0.254 e. The van der Waals surface area contributed by atoms with Gasteiger partial charge in [-0.1, -0.05) is 36.4 Å². The van der Waals surface area contributed by atoms with Crippen molar-refractivity contribution < 1.29 is 9.59 Å². The predicted molar refractivity (Wildman–Crippen MR) is 125 cm³/mol. The second kappa shape index (κ2) is 9.68. The molecule has 1 saturated heterocycles. The van der Waals surface area contributed by atoms with Crippen molar-refractivity contribution in [3.05, 3.63) is 77.6 Å². The molecule has 1 N–H and O–H groups in total. The average Bonchev–Trinajstić information content (AvgIpc) is 3.21. The molecule has 7 heteroatoms. The molecule has 0 atom stereocenters. The van der Waals surface area contributed by atoms with Crippen LogP contribution in [0.2, 0.25) is 0 Å². The minimum absolute atomic E-state index is 0.0744. The van der Waals surface area contributed by atoms with Gasteiger partial charge in [0.2, 0.25) is 5.91 Å². The van der Waals surface area contributed by atoms with Crippen LogP contribution in [0.3, 0.4) is 0 Å². The number of aromatic nitrogens is 2. The van der Waals surface area contributed by atoms with Gasteiger partial charge in [0, 0.05) is 44.8 Å². The maximum atomic E-state index is 12.7.